The Balaban J connectivity index is 2.39. The molecule has 0 saturated carbocycles. The molecule has 8 nitrogen and oxygen atoms in total. The van der Waals surface area contributed by atoms with Crippen molar-refractivity contribution in [3.8, 4) is 23.7 Å². The van der Waals surface area contributed by atoms with Crippen molar-refractivity contribution in [2.45, 2.75) is 43.2 Å². The maximum absolute atomic E-state index is 9.76. The highest BCUT2D eigenvalue weighted by Crippen LogP contribution is 2.22. The van der Waals surface area contributed by atoms with Gasteiger partial charge in [0.15, 0.2) is 6.29 Å². The zero-order valence-corrected chi connectivity index (χ0v) is 12.9. The van der Waals surface area contributed by atoms with Gasteiger partial charge in [0.1, 0.15) is 30.5 Å². The van der Waals surface area contributed by atoms with E-state index in [9.17, 15) is 20.4 Å². The lowest BCUT2D eigenvalue weighted by Crippen LogP contribution is -2.59. The van der Waals surface area contributed by atoms with Crippen LogP contribution in [0.25, 0.3) is 0 Å². The minimum atomic E-state index is -1.51. The molecule has 1 fully saturated rings. The molecule has 0 amide bonds. The van der Waals surface area contributed by atoms with Crippen molar-refractivity contribution in [2.24, 2.45) is 0 Å². The number of ether oxygens (including phenoxy) is 2. The predicted octanol–water partition coefficient (Wildman–Crippen LogP) is -2.89. The zero-order chi connectivity index (χ0) is 17.9. The van der Waals surface area contributed by atoms with Crippen molar-refractivity contribution in [1.29, 1.82) is 0 Å². The second-order valence-electron chi connectivity index (χ2n) is 5.00. The molecule has 1 saturated heterocycles. The van der Waals surface area contributed by atoms with Gasteiger partial charge in [0, 0.05) is 6.42 Å². The van der Waals surface area contributed by atoms with E-state index in [0.29, 0.717) is 0 Å². The zero-order valence-electron chi connectivity index (χ0n) is 12.9. The van der Waals surface area contributed by atoms with Crippen molar-refractivity contribution >= 4 is 0 Å². The van der Waals surface area contributed by atoms with Crippen LogP contribution >= 0.6 is 0 Å². The standard InChI is InChI=1S/C16H22O8/c17-8-5-3-1-2-4-6-11(19)7-9-23-16-15(22)14(21)13(20)12(10-18)24-16/h3,5,11-22H,7-10H2/b5-3+/t11-,12-,13-,14+,15-,16-/m0/s1. The van der Waals surface area contributed by atoms with Crippen LogP contribution in [0.5, 0.6) is 0 Å². The lowest BCUT2D eigenvalue weighted by Gasteiger charge is -2.39. The van der Waals surface area contributed by atoms with Crippen molar-refractivity contribution in [3.63, 3.8) is 0 Å². The fourth-order valence-electron chi connectivity index (χ4n) is 1.88. The second-order valence-corrected chi connectivity index (χ2v) is 5.00. The van der Waals surface area contributed by atoms with Gasteiger partial charge in [-0.3, -0.25) is 0 Å². The van der Waals surface area contributed by atoms with Gasteiger partial charge < -0.3 is 40.1 Å². The van der Waals surface area contributed by atoms with Crippen LogP contribution in [0.4, 0.5) is 0 Å². The summed E-state index contributed by atoms with van der Waals surface area (Å²) in [6, 6.07) is 0. The van der Waals surface area contributed by atoms with Crippen LogP contribution in [0, 0.1) is 23.7 Å². The van der Waals surface area contributed by atoms with E-state index in [1.54, 1.807) is 0 Å². The Morgan fingerprint density at radius 1 is 1.08 bits per heavy atom. The van der Waals surface area contributed by atoms with Gasteiger partial charge in [-0.05, 0) is 17.9 Å². The molecule has 0 aromatic heterocycles. The Labute approximate surface area is 140 Å². The van der Waals surface area contributed by atoms with E-state index in [-0.39, 0.29) is 19.6 Å². The van der Waals surface area contributed by atoms with E-state index < -0.39 is 43.4 Å². The van der Waals surface area contributed by atoms with Crippen molar-refractivity contribution in [2.75, 3.05) is 19.8 Å². The van der Waals surface area contributed by atoms with Gasteiger partial charge in [0.2, 0.25) is 0 Å². The van der Waals surface area contributed by atoms with Crippen LogP contribution in [0.3, 0.4) is 0 Å². The number of allylic oxidation sites excluding steroid dienone is 1. The van der Waals surface area contributed by atoms with Gasteiger partial charge >= 0.3 is 0 Å². The largest absolute Gasteiger partial charge is 0.394 e. The number of hydrogen-bond acceptors (Lipinski definition) is 8. The molecular weight excluding hydrogens is 320 g/mol. The van der Waals surface area contributed by atoms with Crippen LogP contribution < -0.4 is 0 Å². The van der Waals surface area contributed by atoms with Gasteiger partial charge in [-0.25, -0.2) is 0 Å². The average Bonchev–Trinajstić information content (AvgIpc) is 2.58. The third-order valence-corrected chi connectivity index (χ3v) is 3.20. The van der Waals surface area contributed by atoms with Gasteiger partial charge in [0.05, 0.1) is 19.8 Å². The molecular formula is C16H22O8. The minimum absolute atomic E-state index is 0.0314. The van der Waals surface area contributed by atoms with E-state index >= 15 is 0 Å². The third-order valence-electron chi connectivity index (χ3n) is 3.20. The molecule has 0 aromatic rings. The lowest BCUT2D eigenvalue weighted by atomic mass is 9.99. The highest BCUT2D eigenvalue weighted by Gasteiger charge is 2.43. The molecule has 6 N–H and O–H groups in total. The lowest BCUT2D eigenvalue weighted by molar-refractivity contribution is -0.301. The molecule has 6 atom stereocenters. The van der Waals surface area contributed by atoms with Crippen molar-refractivity contribution < 1.29 is 40.1 Å². The molecule has 0 aromatic carbocycles. The molecule has 1 rings (SSSR count). The first-order valence-corrected chi connectivity index (χ1v) is 7.38. The number of hydrogen-bond donors (Lipinski definition) is 6. The van der Waals surface area contributed by atoms with Crippen LogP contribution in [0.15, 0.2) is 12.2 Å². The summed E-state index contributed by atoms with van der Waals surface area (Å²) in [4.78, 5) is 0. The van der Waals surface area contributed by atoms with Gasteiger partial charge in [-0.15, -0.1) is 0 Å². The summed E-state index contributed by atoms with van der Waals surface area (Å²) >= 11 is 0. The molecule has 0 unspecified atom stereocenters. The molecule has 8 heteroatoms. The first kappa shape index (κ1) is 20.6. The Hall–Kier alpha value is -1.46. The minimum Gasteiger partial charge on any atom is -0.394 e. The fourth-order valence-corrected chi connectivity index (χ4v) is 1.88. The fraction of sp³-hybridized carbons (Fsp3) is 0.625. The average molecular weight is 342 g/mol. The summed E-state index contributed by atoms with van der Waals surface area (Å²) in [6.07, 6.45) is -4.72. The number of rotatable bonds is 6. The highest BCUT2D eigenvalue weighted by molar-refractivity contribution is 5.31. The predicted molar refractivity (Wildman–Crippen MR) is 82.1 cm³/mol. The number of aliphatic hydroxyl groups is 6. The van der Waals surface area contributed by atoms with Crippen molar-refractivity contribution in [3.05, 3.63) is 12.2 Å². The topological polar surface area (TPSA) is 140 Å². The summed E-state index contributed by atoms with van der Waals surface area (Å²) in [5, 5.41) is 56.1. The molecule has 1 aliphatic rings. The monoisotopic (exact) mass is 342 g/mol. The second kappa shape index (κ2) is 11.2. The quantitative estimate of drug-likeness (QED) is 0.283. The molecule has 134 valence electrons. The molecule has 0 radical (unpaired) electrons. The van der Waals surface area contributed by atoms with Crippen LogP contribution in [0.2, 0.25) is 0 Å². The molecule has 0 bridgehead atoms. The normalized spacial score (nSPS) is 31.0. The Bertz CT molecular complexity index is 510. The third kappa shape index (κ3) is 6.57. The molecule has 1 heterocycles. The molecule has 24 heavy (non-hydrogen) atoms. The van der Waals surface area contributed by atoms with E-state index in [1.165, 1.54) is 12.2 Å². The van der Waals surface area contributed by atoms with Crippen molar-refractivity contribution in [1.82, 2.24) is 0 Å². The van der Waals surface area contributed by atoms with Crippen LogP contribution in [0.1, 0.15) is 6.42 Å². The molecule has 0 aliphatic carbocycles. The van der Waals surface area contributed by atoms with Gasteiger partial charge in [-0.1, -0.05) is 17.9 Å². The maximum atomic E-state index is 9.76. The van der Waals surface area contributed by atoms with Gasteiger partial charge in [0.25, 0.3) is 0 Å². The summed E-state index contributed by atoms with van der Waals surface area (Å²) in [6.45, 7) is -0.682. The smallest absolute Gasteiger partial charge is 0.186 e. The summed E-state index contributed by atoms with van der Waals surface area (Å²) < 4.78 is 10.4. The van der Waals surface area contributed by atoms with E-state index in [1.807, 2.05) is 0 Å². The van der Waals surface area contributed by atoms with Crippen LogP contribution in [-0.4, -0.2) is 87.3 Å². The SMILES string of the molecule is OC/C=C/C#CC#C[C@H](O)CCO[C@H]1O[C@@H](CO)[C@H](O)[C@@H](O)[C@@H]1O. The molecule has 0 spiro atoms. The maximum Gasteiger partial charge on any atom is 0.186 e. The number of aliphatic hydroxyl groups excluding tert-OH is 6. The van der Waals surface area contributed by atoms with E-state index in [0.717, 1.165) is 0 Å². The Morgan fingerprint density at radius 2 is 1.83 bits per heavy atom. The summed E-state index contributed by atoms with van der Waals surface area (Å²) in [5.74, 6) is 9.90. The van der Waals surface area contributed by atoms with Crippen LogP contribution in [-0.2, 0) is 9.47 Å². The van der Waals surface area contributed by atoms with Gasteiger partial charge in [-0.2, -0.15) is 0 Å². The first-order chi connectivity index (χ1) is 11.5. The first-order valence-electron chi connectivity index (χ1n) is 7.38. The van der Waals surface area contributed by atoms with E-state index in [4.69, 9.17) is 19.7 Å². The summed E-state index contributed by atoms with van der Waals surface area (Å²) in [7, 11) is 0. The van der Waals surface area contributed by atoms with E-state index in [2.05, 4.69) is 23.7 Å². The Kier molecular flexibility index (Phi) is 9.57. The highest BCUT2D eigenvalue weighted by atomic mass is 16.7. The Morgan fingerprint density at radius 3 is 2.50 bits per heavy atom. The molecule has 1 aliphatic heterocycles. The summed E-state index contributed by atoms with van der Waals surface area (Å²) in [5.41, 5.74) is 0.